The van der Waals surface area contributed by atoms with Crippen LogP contribution in [0.2, 0.25) is 0 Å². The van der Waals surface area contributed by atoms with E-state index in [1.807, 2.05) is 47.6 Å². The number of aromatic nitrogens is 2. The smallest absolute Gasteiger partial charge is 0.326 e. The Bertz CT molecular complexity index is 584. The SMILES string of the molecule is CC(C)c1cc2n(n1)[C@H](C)CN(CC(=O)OC(C)(C)C)C2=O. The van der Waals surface area contributed by atoms with Crippen LogP contribution in [-0.4, -0.2) is 45.2 Å². The number of fused-ring (bicyclic) bond motifs is 1. The Balaban J connectivity index is 2.17. The number of rotatable bonds is 3. The number of esters is 1. The number of amides is 1. The molecule has 1 aliphatic heterocycles. The molecule has 0 aromatic carbocycles. The molecule has 122 valence electrons. The van der Waals surface area contributed by atoms with Crippen molar-refractivity contribution in [2.75, 3.05) is 13.1 Å². The van der Waals surface area contributed by atoms with Crippen molar-refractivity contribution in [1.82, 2.24) is 14.7 Å². The number of hydrogen-bond acceptors (Lipinski definition) is 4. The maximum absolute atomic E-state index is 12.6. The van der Waals surface area contributed by atoms with E-state index in [0.29, 0.717) is 12.2 Å². The van der Waals surface area contributed by atoms with E-state index in [2.05, 4.69) is 5.10 Å². The summed E-state index contributed by atoms with van der Waals surface area (Å²) in [5.41, 5.74) is 0.897. The van der Waals surface area contributed by atoms with Crippen LogP contribution in [0, 0.1) is 0 Å². The third-order valence-electron chi connectivity index (χ3n) is 3.49. The topological polar surface area (TPSA) is 64.4 Å². The van der Waals surface area contributed by atoms with Gasteiger partial charge in [-0.2, -0.15) is 5.10 Å². The second kappa shape index (κ2) is 5.74. The van der Waals surface area contributed by atoms with Crippen LogP contribution in [0.3, 0.4) is 0 Å². The third-order valence-corrected chi connectivity index (χ3v) is 3.49. The minimum Gasteiger partial charge on any atom is -0.459 e. The quantitative estimate of drug-likeness (QED) is 0.804. The van der Waals surface area contributed by atoms with Crippen LogP contribution < -0.4 is 0 Å². The van der Waals surface area contributed by atoms with Crippen molar-refractivity contribution in [3.05, 3.63) is 17.5 Å². The molecule has 22 heavy (non-hydrogen) atoms. The van der Waals surface area contributed by atoms with E-state index in [1.165, 1.54) is 0 Å². The first kappa shape index (κ1) is 16.5. The van der Waals surface area contributed by atoms with Gasteiger partial charge in [0.05, 0.1) is 11.7 Å². The molecule has 6 heteroatoms. The molecule has 1 aliphatic rings. The summed E-state index contributed by atoms with van der Waals surface area (Å²) in [6.07, 6.45) is 0. The molecule has 6 nitrogen and oxygen atoms in total. The second-order valence-corrected chi connectivity index (χ2v) is 7.17. The van der Waals surface area contributed by atoms with Gasteiger partial charge in [-0.25, -0.2) is 0 Å². The molecule has 2 rings (SSSR count). The lowest BCUT2D eigenvalue weighted by atomic mass is 10.1. The second-order valence-electron chi connectivity index (χ2n) is 7.17. The maximum atomic E-state index is 12.6. The van der Waals surface area contributed by atoms with Crippen molar-refractivity contribution < 1.29 is 14.3 Å². The molecule has 2 heterocycles. The summed E-state index contributed by atoms with van der Waals surface area (Å²) >= 11 is 0. The van der Waals surface area contributed by atoms with Crippen LogP contribution in [0.1, 0.15) is 69.7 Å². The van der Waals surface area contributed by atoms with Gasteiger partial charge in [-0.1, -0.05) is 13.8 Å². The summed E-state index contributed by atoms with van der Waals surface area (Å²) in [4.78, 5) is 26.1. The highest BCUT2D eigenvalue weighted by atomic mass is 16.6. The molecular formula is C16H25N3O3. The summed E-state index contributed by atoms with van der Waals surface area (Å²) < 4.78 is 7.07. The predicted molar refractivity (Wildman–Crippen MR) is 82.8 cm³/mol. The van der Waals surface area contributed by atoms with Crippen LogP contribution in [0.15, 0.2) is 6.07 Å². The normalized spacial score (nSPS) is 18.6. The first-order chi connectivity index (χ1) is 10.1. The Morgan fingerprint density at radius 3 is 2.64 bits per heavy atom. The number of carbonyl (C=O) groups excluding carboxylic acids is 2. The minimum absolute atomic E-state index is 0.0252. The third kappa shape index (κ3) is 3.48. The van der Waals surface area contributed by atoms with E-state index < -0.39 is 5.60 Å². The lowest BCUT2D eigenvalue weighted by Crippen LogP contribution is -2.46. The van der Waals surface area contributed by atoms with E-state index in [0.717, 1.165) is 5.69 Å². The Labute approximate surface area is 131 Å². The Morgan fingerprint density at radius 1 is 1.45 bits per heavy atom. The number of hydrogen-bond donors (Lipinski definition) is 0. The van der Waals surface area contributed by atoms with Crippen LogP contribution in [-0.2, 0) is 9.53 Å². The molecule has 0 bridgehead atoms. The molecule has 0 saturated carbocycles. The molecule has 0 fully saturated rings. The van der Waals surface area contributed by atoms with Crippen LogP contribution >= 0.6 is 0 Å². The van der Waals surface area contributed by atoms with Crippen molar-refractivity contribution in [3.63, 3.8) is 0 Å². The van der Waals surface area contributed by atoms with Crippen molar-refractivity contribution in [3.8, 4) is 0 Å². The number of carbonyl (C=O) groups is 2. The first-order valence-electron chi connectivity index (χ1n) is 7.69. The van der Waals surface area contributed by atoms with Gasteiger partial charge in [-0.15, -0.1) is 0 Å². The molecule has 0 aliphatic carbocycles. The summed E-state index contributed by atoms with van der Waals surface area (Å²) in [5, 5.41) is 4.51. The molecule has 0 spiro atoms. The lowest BCUT2D eigenvalue weighted by molar-refractivity contribution is -0.155. The van der Waals surface area contributed by atoms with E-state index in [1.54, 1.807) is 9.58 Å². The molecule has 1 amide bonds. The van der Waals surface area contributed by atoms with Gasteiger partial charge in [0.15, 0.2) is 0 Å². The van der Waals surface area contributed by atoms with Crippen LogP contribution in [0.4, 0.5) is 0 Å². The highest BCUT2D eigenvalue weighted by Gasteiger charge is 2.33. The molecule has 1 aromatic heterocycles. The van der Waals surface area contributed by atoms with E-state index in [-0.39, 0.29) is 30.4 Å². The average Bonchev–Trinajstić information content (AvgIpc) is 2.79. The van der Waals surface area contributed by atoms with Crippen molar-refractivity contribution in [2.45, 2.75) is 59.1 Å². The van der Waals surface area contributed by atoms with Gasteiger partial charge in [0.1, 0.15) is 17.8 Å². The maximum Gasteiger partial charge on any atom is 0.326 e. The first-order valence-corrected chi connectivity index (χ1v) is 7.69. The zero-order valence-electron chi connectivity index (χ0n) is 14.2. The lowest BCUT2D eigenvalue weighted by Gasteiger charge is -2.31. The van der Waals surface area contributed by atoms with Gasteiger partial charge >= 0.3 is 5.97 Å². The molecule has 1 atom stereocenters. The fourth-order valence-electron chi connectivity index (χ4n) is 2.50. The fourth-order valence-corrected chi connectivity index (χ4v) is 2.50. The van der Waals surface area contributed by atoms with E-state index in [4.69, 9.17) is 4.74 Å². The summed E-state index contributed by atoms with van der Waals surface area (Å²) in [6.45, 7) is 12.0. The molecule has 0 N–H and O–H groups in total. The van der Waals surface area contributed by atoms with Gasteiger partial charge in [0, 0.05) is 6.54 Å². The summed E-state index contributed by atoms with van der Waals surface area (Å²) in [7, 11) is 0. The molecular weight excluding hydrogens is 282 g/mol. The Kier molecular flexibility index (Phi) is 4.31. The highest BCUT2D eigenvalue weighted by Crippen LogP contribution is 2.24. The summed E-state index contributed by atoms with van der Waals surface area (Å²) in [6, 6.07) is 1.87. The van der Waals surface area contributed by atoms with Crippen LogP contribution in [0.25, 0.3) is 0 Å². The Morgan fingerprint density at radius 2 is 2.09 bits per heavy atom. The number of ether oxygens (including phenoxy) is 1. The van der Waals surface area contributed by atoms with Crippen molar-refractivity contribution >= 4 is 11.9 Å². The number of nitrogens with zero attached hydrogens (tertiary/aromatic N) is 3. The standard InChI is InChI=1S/C16H25N3O3/c1-10(2)12-7-13-15(21)18(8-11(3)19(13)17-12)9-14(20)22-16(4,5)6/h7,10-11H,8-9H2,1-6H3/t11-/m1/s1. The van der Waals surface area contributed by atoms with Gasteiger partial charge in [-0.05, 0) is 39.7 Å². The van der Waals surface area contributed by atoms with Gasteiger partial charge < -0.3 is 9.64 Å². The zero-order valence-corrected chi connectivity index (χ0v) is 14.2. The van der Waals surface area contributed by atoms with Gasteiger partial charge in [0.25, 0.3) is 5.91 Å². The van der Waals surface area contributed by atoms with Crippen LogP contribution in [0.5, 0.6) is 0 Å². The zero-order chi connectivity index (χ0) is 16.7. The Hall–Kier alpha value is -1.85. The largest absolute Gasteiger partial charge is 0.459 e. The predicted octanol–water partition coefficient (Wildman–Crippen LogP) is 2.37. The average molecular weight is 307 g/mol. The van der Waals surface area contributed by atoms with Gasteiger partial charge in [0.2, 0.25) is 0 Å². The molecule has 0 radical (unpaired) electrons. The monoisotopic (exact) mass is 307 g/mol. The van der Waals surface area contributed by atoms with E-state index in [9.17, 15) is 9.59 Å². The molecule has 1 aromatic rings. The van der Waals surface area contributed by atoms with E-state index >= 15 is 0 Å². The highest BCUT2D eigenvalue weighted by molar-refractivity contribution is 5.95. The van der Waals surface area contributed by atoms with Crippen molar-refractivity contribution in [2.24, 2.45) is 0 Å². The van der Waals surface area contributed by atoms with Crippen molar-refractivity contribution in [1.29, 1.82) is 0 Å². The summed E-state index contributed by atoms with van der Waals surface area (Å²) in [5.74, 6) is -0.286. The molecule has 0 saturated heterocycles. The molecule has 0 unspecified atom stereocenters. The minimum atomic E-state index is -0.548. The van der Waals surface area contributed by atoms with Gasteiger partial charge in [-0.3, -0.25) is 14.3 Å². The fraction of sp³-hybridized carbons (Fsp3) is 0.688.